The molecule has 4 nitrogen and oxygen atoms in total. The zero-order chi connectivity index (χ0) is 10.2. The van der Waals surface area contributed by atoms with Crippen LogP contribution in [0.25, 0.3) is 0 Å². The van der Waals surface area contributed by atoms with Crippen LogP contribution >= 0.6 is 0 Å². The first-order valence-corrected chi connectivity index (χ1v) is 4.28. The number of carbonyl (C=O) groups excluding carboxylic acids is 1. The van der Waals surface area contributed by atoms with Crippen molar-refractivity contribution in [3.8, 4) is 6.07 Å². The largest absolute Gasteiger partial charge is 0.545 e. The topological polar surface area (TPSA) is 76.8 Å². The molecule has 0 unspecified atom stereocenters. The summed E-state index contributed by atoms with van der Waals surface area (Å²) in [5.41, 5.74) is -0.287. The summed E-state index contributed by atoms with van der Waals surface area (Å²) in [6.07, 6.45) is 2.86. The van der Waals surface area contributed by atoms with Crippen LogP contribution in [0, 0.1) is 11.3 Å². The molecule has 0 spiro atoms. The lowest BCUT2D eigenvalue weighted by atomic mass is 9.99. The molecule has 1 heterocycles. The van der Waals surface area contributed by atoms with Gasteiger partial charge in [0.25, 0.3) is 0 Å². The summed E-state index contributed by atoms with van der Waals surface area (Å²) in [4.78, 5) is 14.7. The lowest BCUT2D eigenvalue weighted by molar-refractivity contribution is -0.255. The van der Waals surface area contributed by atoms with Crippen molar-refractivity contribution in [2.24, 2.45) is 0 Å². The van der Waals surface area contributed by atoms with Crippen LogP contribution < -0.4 is 5.11 Å². The number of nitriles is 1. The molecule has 0 bridgehead atoms. The zero-order valence-corrected chi connectivity index (χ0v) is 7.36. The number of nitrogens with zero attached hydrogens (tertiary/aromatic N) is 2. The van der Waals surface area contributed by atoms with Crippen LogP contribution in [0.5, 0.6) is 0 Å². The Hall–Kier alpha value is -1.89. The van der Waals surface area contributed by atoms with Crippen molar-refractivity contribution in [3.63, 3.8) is 0 Å². The highest BCUT2D eigenvalue weighted by Gasteiger charge is 2.47. The van der Waals surface area contributed by atoms with Gasteiger partial charge in [-0.3, -0.25) is 4.98 Å². The van der Waals surface area contributed by atoms with Gasteiger partial charge in [-0.2, -0.15) is 5.26 Å². The van der Waals surface area contributed by atoms with E-state index in [0.717, 1.165) is 0 Å². The van der Waals surface area contributed by atoms with E-state index < -0.39 is 11.4 Å². The predicted octanol–water partition coefficient (Wildman–Crippen LogP) is 0.000280. The number of aromatic nitrogens is 1. The van der Waals surface area contributed by atoms with E-state index in [9.17, 15) is 9.90 Å². The quantitative estimate of drug-likeness (QED) is 0.653. The standard InChI is InChI=1S/C10H8N2O2/c11-6-10(3-4-10)8-7(9(13)14)2-1-5-12-8/h1-2,5H,3-4H2,(H,13,14)/p-1. The minimum absolute atomic E-state index is 0.0338. The van der Waals surface area contributed by atoms with Crippen LogP contribution in [0.2, 0.25) is 0 Å². The molecule has 0 amide bonds. The van der Waals surface area contributed by atoms with Gasteiger partial charge in [0, 0.05) is 11.8 Å². The van der Waals surface area contributed by atoms with E-state index in [0.29, 0.717) is 18.5 Å². The second-order valence-corrected chi connectivity index (χ2v) is 3.38. The molecule has 0 saturated heterocycles. The SMILES string of the molecule is N#CC1(c2ncccc2C(=O)[O-])CC1. The molecule has 14 heavy (non-hydrogen) atoms. The summed E-state index contributed by atoms with van der Waals surface area (Å²) in [6, 6.07) is 5.07. The molecule has 0 aliphatic heterocycles. The van der Waals surface area contributed by atoms with Gasteiger partial charge in [-0.1, -0.05) is 0 Å². The molecule has 1 aromatic heterocycles. The van der Waals surface area contributed by atoms with Gasteiger partial charge < -0.3 is 9.90 Å². The number of carbonyl (C=O) groups is 1. The fourth-order valence-corrected chi connectivity index (χ4v) is 1.48. The lowest BCUT2D eigenvalue weighted by Crippen LogP contribution is -2.26. The molecule has 1 aliphatic rings. The molecule has 2 rings (SSSR count). The van der Waals surface area contributed by atoms with Gasteiger partial charge in [-0.15, -0.1) is 0 Å². The highest BCUT2D eigenvalue weighted by Crippen LogP contribution is 2.47. The Morgan fingerprint density at radius 2 is 2.36 bits per heavy atom. The molecule has 0 aromatic carbocycles. The molecule has 4 heteroatoms. The third-order valence-electron chi connectivity index (χ3n) is 2.44. The zero-order valence-electron chi connectivity index (χ0n) is 7.36. The monoisotopic (exact) mass is 187 g/mol. The number of pyridine rings is 1. The van der Waals surface area contributed by atoms with Gasteiger partial charge >= 0.3 is 0 Å². The highest BCUT2D eigenvalue weighted by molar-refractivity contribution is 5.88. The van der Waals surface area contributed by atoms with E-state index in [1.165, 1.54) is 18.3 Å². The van der Waals surface area contributed by atoms with Gasteiger partial charge in [0.15, 0.2) is 0 Å². The summed E-state index contributed by atoms with van der Waals surface area (Å²) < 4.78 is 0. The average Bonchev–Trinajstić information content (AvgIpc) is 2.98. The number of rotatable bonds is 2. The predicted molar refractivity (Wildman–Crippen MR) is 45.1 cm³/mol. The Kier molecular flexibility index (Phi) is 1.74. The lowest BCUT2D eigenvalue weighted by Gasteiger charge is -2.11. The first-order chi connectivity index (χ1) is 6.69. The summed E-state index contributed by atoms with van der Waals surface area (Å²) in [6.45, 7) is 0. The van der Waals surface area contributed by atoms with Crippen molar-refractivity contribution in [2.75, 3.05) is 0 Å². The Morgan fingerprint density at radius 1 is 1.64 bits per heavy atom. The summed E-state index contributed by atoms with van der Waals surface area (Å²) >= 11 is 0. The summed E-state index contributed by atoms with van der Waals surface area (Å²) in [7, 11) is 0. The van der Waals surface area contributed by atoms with E-state index in [1.807, 2.05) is 0 Å². The number of aromatic carboxylic acids is 1. The second-order valence-electron chi connectivity index (χ2n) is 3.38. The van der Waals surface area contributed by atoms with Crippen LogP contribution in [-0.4, -0.2) is 11.0 Å². The smallest absolute Gasteiger partial charge is 0.100 e. The third kappa shape index (κ3) is 1.14. The van der Waals surface area contributed by atoms with Crippen LogP contribution in [0.1, 0.15) is 28.9 Å². The van der Waals surface area contributed by atoms with Crippen molar-refractivity contribution in [3.05, 3.63) is 29.6 Å². The fraction of sp³-hybridized carbons (Fsp3) is 0.300. The highest BCUT2D eigenvalue weighted by atomic mass is 16.4. The maximum absolute atomic E-state index is 10.8. The molecule has 1 saturated carbocycles. The minimum Gasteiger partial charge on any atom is -0.545 e. The molecule has 1 aliphatic carbocycles. The van der Waals surface area contributed by atoms with Crippen LogP contribution in [0.15, 0.2) is 18.3 Å². The Morgan fingerprint density at radius 3 is 2.86 bits per heavy atom. The average molecular weight is 187 g/mol. The van der Waals surface area contributed by atoms with Crippen molar-refractivity contribution in [2.45, 2.75) is 18.3 Å². The maximum Gasteiger partial charge on any atom is 0.100 e. The van der Waals surface area contributed by atoms with Crippen molar-refractivity contribution in [1.29, 1.82) is 5.26 Å². The number of hydrogen-bond donors (Lipinski definition) is 0. The van der Waals surface area contributed by atoms with Crippen molar-refractivity contribution >= 4 is 5.97 Å². The van der Waals surface area contributed by atoms with Crippen LogP contribution in [0.3, 0.4) is 0 Å². The van der Waals surface area contributed by atoms with Gasteiger partial charge in [-0.25, -0.2) is 0 Å². The maximum atomic E-state index is 10.8. The number of carboxylic acids is 1. The third-order valence-corrected chi connectivity index (χ3v) is 2.44. The van der Waals surface area contributed by atoms with E-state index >= 15 is 0 Å². The molecule has 0 N–H and O–H groups in total. The van der Waals surface area contributed by atoms with Crippen LogP contribution in [-0.2, 0) is 5.41 Å². The Bertz CT molecular complexity index is 430. The van der Waals surface area contributed by atoms with Gasteiger partial charge in [-0.05, 0) is 25.0 Å². The Balaban J connectivity index is 2.54. The van der Waals surface area contributed by atoms with E-state index in [1.54, 1.807) is 0 Å². The fourth-order valence-electron chi connectivity index (χ4n) is 1.48. The summed E-state index contributed by atoms with van der Waals surface area (Å²) in [5, 5.41) is 19.7. The van der Waals surface area contributed by atoms with Gasteiger partial charge in [0.05, 0.1) is 17.7 Å². The first-order valence-electron chi connectivity index (χ1n) is 4.28. The number of hydrogen-bond acceptors (Lipinski definition) is 4. The van der Waals surface area contributed by atoms with Gasteiger partial charge in [0.2, 0.25) is 0 Å². The number of carboxylic acid groups (broad SMARTS) is 1. The van der Waals surface area contributed by atoms with E-state index in [2.05, 4.69) is 11.1 Å². The molecule has 0 atom stereocenters. The normalized spacial score (nSPS) is 17.1. The van der Waals surface area contributed by atoms with Crippen molar-refractivity contribution in [1.82, 2.24) is 4.98 Å². The molecule has 1 fully saturated rings. The van der Waals surface area contributed by atoms with E-state index in [-0.39, 0.29) is 5.56 Å². The molecule has 0 radical (unpaired) electrons. The van der Waals surface area contributed by atoms with Crippen LogP contribution in [0.4, 0.5) is 0 Å². The summed E-state index contributed by atoms with van der Waals surface area (Å²) in [5.74, 6) is -1.27. The minimum atomic E-state index is -1.27. The molecule has 1 aromatic rings. The van der Waals surface area contributed by atoms with Crippen molar-refractivity contribution < 1.29 is 9.90 Å². The second kappa shape index (κ2) is 2.81. The Labute approximate surface area is 80.8 Å². The first kappa shape index (κ1) is 8.70. The molecule has 70 valence electrons. The molecular formula is C10H7N2O2-. The van der Waals surface area contributed by atoms with E-state index in [4.69, 9.17) is 5.26 Å². The van der Waals surface area contributed by atoms with Gasteiger partial charge in [0.1, 0.15) is 5.41 Å². The molecular weight excluding hydrogens is 180 g/mol.